The minimum absolute atomic E-state index is 0.293. The molecule has 2 heterocycles. The molecule has 5 rings (SSSR count). The summed E-state index contributed by atoms with van der Waals surface area (Å²) < 4.78 is 149. The van der Waals surface area contributed by atoms with Crippen LogP contribution in [0, 0.1) is 17.7 Å². The van der Waals surface area contributed by atoms with Crippen LogP contribution < -0.4 is 10.4 Å². The Morgan fingerprint density at radius 3 is 2.32 bits per heavy atom. The van der Waals surface area contributed by atoms with E-state index in [0.29, 0.717) is 22.8 Å². The van der Waals surface area contributed by atoms with Gasteiger partial charge >= 0.3 is 12.4 Å². The van der Waals surface area contributed by atoms with E-state index in [-0.39, 0.29) is 11.6 Å². The number of aromatic nitrogens is 1. The van der Waals surface area contributed by atoms with Gasteiger partial charge in [-0.3, -0.25) is 14.2 Å². The topological polar surface area (TPSA) is 109 Å². The van der Waals surface area contributed by atoms with Crippen LogP contribution in [-0.2, 0) is 24.3 Å². The Kier molecular flexibility index (Phi) is 9.53. The fourth-order valence-electron chi connectivity index (χ4n) is 6.09. The SMILES string of the molecule is C[C@H]1C2=CNN(c3ccc(F)cc3)C2=CC2=C1[C@@H](CN(CC(OS(=O)(=O)CC(F)(F)F)c1ccccn1)S(=O)(=O)CC(F)(F)F)CC2. The van der Waals surface area contributed by atoms with E-state index in [0.717, 1.165) is 28.6 Å². The second-order valence-corrected chi connectivity index (χ2v) is 14.9. The Labute approximate surface area is 266 Å². The molecular weight excluding hydrogens is 681 g/mol. The van der Waals surface area contributed by atoms with Gasteiger partial charge in [-0.1, -0.05) is 18.6 Å². The van der Waals surface area contributed by atoms with E-state index in [2.05, 4.69) is 10.4 Å². The molecule has 1 N–H and O–H groups in total. The third-order valence-electron chi connectivity index (χ3n) is 7.94. The molecule has 1 unspecified atom stereocenters. The van der Waals surface area contributed by atoms with Crippen molar-refractivity contribution in [2.24, 2.45) is 11.8 Å². The van der Waals surface area contributed by atoms with E-state index < -0.39 is 74.9 Å². The molecule has 0 amide bonds. The van der Waals surface area contributed by atoms with Crippen molar-refractivity contribution in [3.05, 3.63) is 94.9 Å². The molecule has 1 aliphatic heterocycles. The third kappa shape index (κ3) is 8.33. The van der Waals surface area contributed by atoms with Gasteiger partial charge < -0.3 is 5.43 Å². The highest BCUT2D eigenvalue weighted by Crippen LogP contribution is 2.48. The van der Waals surface area contributed by atoms with Crippen LogP contribution in [0.15, 0.2) is 83.4 Å². The zero-order chi connectivity index (χ0) is 34.4. The number of hydrogen-bond acceptors (Lipinski definition) is 8. The summed E-state index contributed by atoms with van der Waals surface area (Å²) in [5.74, 6) is -6.07. The van der Waals surface area contributed by atoms with E-state index in [1.165, 1.54) is 30.3 Å². The molecule has 2 aromatic rings. The lowest BCUT2D eigenvalue weighted by Crippen LogP contribution is -2.44. The summed E-state index contributed by atoms with van der Waals surface area (Å²) in [5, 5.41) is 1.73. The number of allylic oxidation sites excluding steroid dienone is 3. The third-order valence-corrected chi connectivity index (χ3v) is 10.9. The first kappa shape index (κ1) is 34.8. The van der Waals surface area contributed by atoms with E-state index in [1.807, 2.05) is 13.0 Å². The average molecular weight is 711 g/mol. The molecule has 0 bridgehead atoms. The summed E-state index contributed by atoms with van der Waals surface area (Å²) in [4.78, 5) is 3.88. The molecule has 1 aromatic heterocycles. The molecule has 1 aromatic carbocycles. The maximum atomic E-state index is 13.5. The van der Waals surface area contributed by atoms with Gasteiger partial charge in [-0.05, 0) is 66.8 Å². The Morgan fingerprint density at radius 2 is 1.70 bits per heavy atom. The number of pyridine rings is 1. The van der Waals surface area contributed by atoms with Crippen LogP contribution in [0.4, 0.5) is 36.4 Å². The van der Waals surface area contributed by atoms with Gasteiger partial charge in [0.1, 0.15) is 11.9 Å². The summed E-state index contributed by atoms with van der Waals surface area (Å²) in [6.07, 6.45) is -6.88. The molecule has 0 fully saturated rings. The predicted octanol–water partition coefficient (Wildman–Crippen LogP) is 5.51. The predicted molar refractivity (Wildman–Crippen MR) is 156 cm³/mol. The van der Waals surface area contributed by atoms with Crippen molar-refractivity contribution in [2.75, 3.05) is 29.6 Å². The van der Waals surface area contributed by atoms with Crippen molar-refractivity contribution in [2.45, 2.75) is 38.2 Å². The molecule has 3 aliphatic rings. The van der Waals surface area contributed by atoms with E-state index in [4.69, 9.17) is 4.18 Å². The normalized spacial score (nSPS) is 20.9. The number of nitrogens with one attached hydrogen (secondary N) is 1. The summed E-state index contributed by atoms with van der Waals surface area (Å²) in [7, 11) is -10.6. The highest BCUT2D eigenvalue weighted by molar-refractivity contribution is 7.89. The highest BCUT2D eigenvalue weighted by atomic mass is 32.2. The van der Waals surface area contributed by atoms with Crippen molar-refractivity contribution >= 4 is 25.8 Å². The zero-order valence-corrected chi connectivity index (χ0v) is 26.2. The molecule has 0 spiro atoms. The Bertz CT molecular complexity index is 1790. The van der Waals surface area contributed by atoms with Gasteiger partial charge in [0.2, 0.25) is 10.0 Å². The zero-order valence-electron chi connectivity index (χ0n) is 24.6. The molecule has 0 saturated carbocycles. The van der Waals surface area contributed by atoms with Gasteiger partial charge in [-0.15, -0.1) is 0 Å². The van der Waals surface area contributed by atoms with Crippen molar-refractivity contribution in [1.29, 1.82) is 0 Å². The minimum Gasteiger partial charge on any atom is -0.301 e. The number of nitrogens with zero attached hydrogens (tertiary/aromatic N) is 3. The van der Waals surface area contributed by atoms with Crippen molar-refractivity contribution in [3.63, 3.8) is 0 Å². The quantitative estimate of drug-likeness (QED) is 0.240. The Morgan fingerprint density at radius 1 is 1.02 bits per heavy atom. The number of hydrogen-bond donors (Lipinski definition) is 1. The van der Waals surface area contributed by atoms with Crippen LogP contribution in [0.25, 0.3) is 0 Å². The monoisotopic (exact) mass is 710 g/mol. The van der Waals surface area contributed by atoms with Crippen LogP contribution in [0.3, 0.4) is 0 Å². The summed E-state index contributed by atoms with van der Waals surface area (Å²) in [6, 6.07) is 9.64. The second kappa shape index (κ2) is 12.9. The number of rotatable bonds is 11. The molecule has 9 nitrogen and oxygen atoms in total. The number of anilines is 1. The second-order valence-electron chi connectivity index (χ2n) is 11.4. The number of fused-ring (bicyclic) bond motifs is 1. The molecule has 2 aliphatic carbocycles. The Balaban J connectivity index is 1.48. The fraction of sp³-hybridized carbons (Fsp3) is 0.414. The lowest BCUT2D eigenvalue weighted by molar-refractivity contribution is -0.109. The highest BCUT2D eigenvalue weighted by Gasteiger charge is 2.44. The molecule has 0 saturated heterocycles. The average Bonchev–Trinajstić information content (AvgIpc) is 3.55. The van der Waals surface area contributed by atoms with Crippen LogP contribution in [-0.4, -0.2) is 63.1 Å². The largest absolute Gasteiger partial charge is 0.405 e. The first-order chi connectivity index (χ1) is 21.8. The van der Waals surface area contributed by atoms with Gasteiger partial charge in [0.05, 0.1) is 17.1 Å². The summed E-state index contributed by atoms with van der Waals surface area (Å²) in [5.41, 5.74) is 6.57. The smallest absolute Gasteiger partial charge is 0.301 e. The van der Waals surface area contributed by atoms with E-state index in [9.17, 15) is 47.6 Å². The van der Waals surface area contributed by atoms with E-state index in [1.54, 1.807) is 23.3 Å². The lowest BCUT2D eigenvalue weighted by atomic mass is 9.80. The van der Waals surface area contributed by atoms with Crippen molar-refractivity contribution in [1.82, 2.24) is 14.7 Å². The lowest BCUT2D eigenvalue weighted by Gasteiger charge is -2.33. The number of hydrazine groups is 1. The molecule has 47 heavy (non-hydrogen) atoms. The van der Waals surface area contributed by atoms with Crippen molar-refractivity contribution in [3.8, 4) is 0 Å². The number of halogens is 7. The molecular formula is C29H29F7N4O5S2. The fourth-order valence-corrected chi connectivity index (χ4v) is 8.44. The maximum absolute atomic E-state index is 13.5. The van der Waals surface area contributed by atoms with Gasteiger partial charge in [0, 0.05) is 37.0 Å². The first-order valence-corrected chi connectivity index (χ1v) is 17.4. The van der Waals surface area contributed by atoms with E-state index >= 15 is 0 Å². The number of sulfonamides is 1. The molecule has 3 atom stereocenters. The summed E-state index contributed by atoms with van der Waals surface area (Å²) >= 11 is 0. The van der Waals surface area contributed by atoms with Gasteiger partial charge in [-0.2, -0.15) is 39.1 Å². The van der Waals surface area contributed by atoms with Crippen LogP contribution in [0.1, 0.15) is 31.6 Å². The van der Waals surface area contributed by atoms with Crippen LogP contribution in [0.5, 0.6) is 0 Å². The van der Waals surface area contributed by atoms with Gasteiger partial charge in [0.25, 0.3) is 10.1 Å². The molecule has 256 valence electrons. The minimum atomic E-state index is -5.37. The Hall–Kier alpha value is -3.48. The number of alkyl halides is 6. The van der Waals surface area contributed by atoms with Gasteiger partial charge in [-0.25, -0.2) is 12.8 Å². The standard InChI is InChI=1S/C29H29F7N4O5S2/c1-18-23-13-38-40(22-9-7-21(30)8-10-22)25(23)12-19-5-6-20(27(18)19)14-39(46(41,42)16-28(31,32)33)15-26(24-4-2-3-11-37-24)45-47(43,44)17-29(34,35)36/h2-4,7-13,18,20,26,38H,5-6,14-17H2,1H3/t18-,20+,26?/m0/s1. The molecule has 18 heteroatoms. The summed E-state index contributed by atoms with van der Waals surface area (Å²) in [6.45, 7) is 0.267. The maximum Gasteiger partial charge on any atom is 0.405 e. The van der Waals surface area contributed by atoms with Crippen LogP contribution in [0.2, 0.25) is 0 Å². The first-order valence-electron chi connectivity index (χ1n) is 14.2. The number of benzene rings is 1. The van der Waals surface area contributed by atoms with Crippen molar-refractivity contribution < 1.29 is 51.8 Å². The van der Waals surface area contributed by atoms with Gasteiger partial charge in [0.15, 0.2) is 11.5 Å². The molecule has 0 radical (unpaired) electrons. The van der Waals surface area contributed by atoms with Crippen LogP contribution >= 0.6 is 0 Å².